The van der Waals surface area contributed by atoms with Gasteiger partial charge in [-0.25, -0.2) is 0 Å². The van der Waals surface area contributed by atoms with E-state index in [2.05, 4.69) is 0 Å². The minimum atomic E-state index is -0.722. The van der Waals surface area contributed by atoms with Crippen LogP contribution in [0.1, 0.15) is 25.7 Å². The van der Waals surface area contributed by atoms with Crippen molar-refractivity contribution in [1.29, 1.82) is 0 Å². The Kier molecular flexibility index (Phi) is 9.03. The summed E-state index contributed by atoms with van der Waals surface area (Å²) in [5, 5.41) is 8.34. The second-order valence-electron chi connectivity index (χ2n) is 2.81. The Hall–Kier alpha value is -0.610. The SMILES string of the molecule is COCCOCCCCCC(=O)O. The molecule has 4 heteroatoms. The van der Waals surface area contributed by atoms with Gasteiger partial charge in [0.05, 0.1) is 13.2 Å². The predicted molar refractivity (Wildman–Crippen MR) is 48.8 cm³/mol. The smallest absolute Gasteiger partial charge is 0.303 e. The van der Waals surface area contributed by atoms with Crippen molar-refractivity contribution in [3.05, 3.63) is 0 Å². The molecule has 0 fully saturated rings. The van der Waals surface area contributed by atoms with Crippen LogP contribution in [0, 0.1) is 0 Å². The van der Waals surface area contributed by atoms with Crippen molar-refractivity contribution >= 4 is 5.97 Å². The molecule has 0 bridgehead atoms. The van der Waals surface area contributed by atoms with Crippen LogP contribution >= 0.6 is 0 Å². The third-order valence-corrected chi connectivity index (χ3v) is 1.61. The van der Waals surface area contributed by atoms with Gasteiger partial charge in [0.1, 0.15) is 0 Å². The first-order valence-corrected chi connectivity index (χ1v) is 4.56. The summed E-state index contributed by atoms with van der Waals surface area (Å²) in [6.07, 6.45) is 2.84. The molecule has 0 saturated carbocycles. The summed E-state index contributed by atoms with van der Waals surface area (Å²) in [6.45, 7) is 1.94. The van der Waals surface area contributed by atoms with Crippen molar-refractivity contribution < 1.29 is 19.4 Å². The first-order valence-electron chi connectivity index (χ1n) is 4.56. The van der Waals surface area contributed by atoms with Crippen molar-refractivity contribution in [1.82, 2.24) is 0 Å². The van der Waals surface area contributed by atoms with E-state index in [1.54, 1.807) is 7.11 Å². The van der Waals surface area contributed by atoms with Gasteiger partial charge in [0.2, 0.25) is 0 Å². The highest BCUT2D eigenvalue weighted by atomic mass is 16.5. The number of ether oxygens (including phenoxy) is 2. The Labute approximate surface area is 78.8 Å². The molecule has 4 nitrogen and oxygen atoms in total. The summed E-state index contributed by atoms with van der Waals surface area (Å²) in [5.41, 5.74) is 0. The van der Waals surface area contributed by atoms with Crippen LogP contribution in [0.3, 0.4) is 0 Å². The highest BCUT2D eigenvalue weighted by Crippen LogP contribution is 1.99. The molecule has 0 saturated heterocycles. The fraction of sp³-hybridized carbons (Fsp3) is 0.889. The Morgan fingerprint density at radius 1 is 1.15 bits per heavy atom. The monoisotopic (exact) mass is 190 g/mol. The van der Waals surface area contributed by atoms with E-state index >= 15 is 0 Å². The van der Waals surface area contributed by atoms with E-state index in [-0.39, 0.29) is 6.42 Å². The van der Waals surface area contributed by atoms with Crippen LogP contribution in [-0.2, 0) is 14.3 Å². The number of carboxylic acids is 1. The minimum absolute atomic E-state index is 0.262. The number of rotatable bonds is 9. The van der Waals surface area contributed by atoms with Crippen LogP contribution in [-0.4, -0.2) is 38.0 Å². The fourth-order valence-electron chi connectivity index (χ4n) is 0.901. The molecular weight excluding hydrogens is 172 g/mol. The highest BCUT2D eigenvalue weighted by Gasteiger charge is 1.95. The van der Waals surface area contributed by atoms with Crippen molar-refractivity contribution in [2.24, 2.45) is 0 Å². The van der Waals surface area contributed by atoms with Gasteiger partial charge < -0.3 is 14.6 Å². The molecule has 0 spiro atoms. The van der Waals surface area contributed by atoms with E-state index < -0.39 is 5.97 Å². The lowest BCUT2D eigenvalue weighted by Gasteiger charge is -2.02. The van der Waals surface area contributed by atoms with Crippen molar-refractivity contribution in [2.45, 2.75) is 25.7 Å². The van der Waals surface area contributed by atoms with Gasteiger partial charge in [0.15, 0.2) is 0 Å². The van der Waals surface area contributed by atoms with Crippen LogP contribution in [0.15, 0.2) is 0 Å². The van der Waals surface area contributed by atoms with Crippen LogP contribution < -0.4 is 0 Å². The first-order chi connectivity index (χ1) is 6.27. The first kappa shape index (κ1) is 12.4. The Morgan fingerprint density at radius 3 is 2.54 bits per heavy atom. The molecule has 0 unspecified atom stereocenters. The molecule has 0 aromatic carbocycles. The lowest BCUT2D eigenvalue weighted by atomic mass is 10.2. The topological polar surface area (TPSA) is 55.8 Å². The molecule has 1 N–H and O–H groups in total. The molecule has 0 aromatic heterocycles. The van der Waals surface area contributed by atoms with E-state index in [0.29, 0.717) is 19.8 Å². The maximum Gasteiger partial charge on any atom is 0.303 e. The summed E-state index contributed by atoms with van der Waals surface area (Å²) in [7, 11) is 1.64. The van der Waals surface area contributed by atoms with Crippen molar-refractivity contribution in [3.8, 4) is 0 Å². The number of unbranched alkanes of at least 4 members (excludes halogenated alkanes) is 2. The maximum atomic E-state index is 10.1. The standard InChI is InChI=1S/C9H18O4/c1-12-7-8-13-6-4-2-3-5-9(10)11/h2-8H2,1H3,(H,10,11). The van der Waals surface area contributed by atoms with Crippen molar-refractivity contribution in [3.63, 3.8) is 0 Å². The molecule has 0 aliphatic carbocycles. The lowest BCUT2D eigenvalue weighted by Crippen LogP contribution is -2.03. The lowest BCUT2D eigenvalue weighted by molar-refractivity contribution is -0.137. The highest BCUT2D eigenvalue weighted by molar-refractivity contribution is 5.66. The second-order valence-corrected chi connectivity index (χ2v) is 2.81. The van der Waals surface area contributed by atoms with E-state index in [1.807, 2.05) is 0 Å². The number of carboxylic acid groups (broad SMARTS) is 1. The molecule has 0 aliphatic heterocycles. The maximum absolute atomic E-state index is 10.1. The largest absolute Gasteiger partial charge is 0.481 e. The van der Waals surface area contributed by atoms with Crippen molar-refractivity contribution in [2.75, 3.05) is 26.9 Å². The van der Waals surface area contributed by atoms with E-state index in [1.165, 1.54) is 0 Å². The summed E-state index contributed by atoms with van der Waals surface area (Å²) >= 11 is 0. The molecule has 0 rings (SSSR count). The van der Waals surface area contributed by atoms with Gasteiger partial charge in [0.25, 0.3) is 0 Å². The number of methoxy groups -OCH3 is 1. The van der Waals surface area contributed by atoms with Crippen LogP contribution in [0.25, 0.3) is 0 Å². The summed E-state index contributed by atoms with van der Waals surface area (Å²) in [4.78, 5) is 10.1. The third-order valence-electron chi connectivity index (χ3n) is 1.61. The molecule has 0 aliphatic rings. The van der Waals surface area contributed by atoms with Crippen LogP contribution in [0.2, 0.25) is 0 Å². The quantitative estimate of drug-likeness (QED) is 0.557. The second kappa shape index (κ2) is 9.48. The predicted octanol–water partition coefficient (Wildman–Crippen LogP) is 1.29. The third kappa shape index (κ3) is 11.4. The normalized spacial score (nSPS) is 10.2. The van der Waals surface area contributed by atoms with Crippen LogP contribution in [0.4, 0.5) is 0 Å². The van der Waals surface area contributed by atoms with E-state index in [0.717, 1.165) is 19.3 Å². The fourth-order valence-corrected chi connectivity index (χ4v) is 0.901. The molecule has 78 valence electrons. The van der Waals surface area contributed by atoms with Gasteiger partial charge >= 0.3 is 5.97 Å². The Morgan fingerprint density at radius 2 is 1.92 bits per heavy atom. The van der Waals surface area contributed by atoms with Gasteiger partial charge in [-0.05, 0) is 12.8 Å². The number of hydrogen-bond donors (Lipinski definition) is 1. The van der Waals surface area contributed by atoms with E-state index in [9.17, 15) is 4.79 Å². The van der Waals surface area contributed by atoms with Gasteiger partial charge in [-0.1, -0.05) is 6.42 Å². The Bertz CT molecular complexity index is 125. The number of aliphatic carboxylic acids is 1. The summed E-state index contributed by atoms with van der Waals surface area (Å²) < 4.78 is 10.0. The van der Waals surface area contributed by atoms with E-state index in [4.69, 9.17) is 14.6 Å². The number of carbonyl (C=O) groups is 1. The molecular formula is C9H18O4. The molecule has 0 atom stereocenters. The summed E-state index contributed by atoms with van der Waals surface area (Å²) in [5.74, 6) is -0.722. The van der Waals surface area contributed by atoms with Gasteiger partial charge in [-0.2, -0.15) is 0 Å². The molecule has 0 amide bonds. The zero-order chi connectivity index (χ0) is 9.94. The molecule has 13 heavy (non-hydrogen) atoms. The van der Waals surface area contributed by atoms with Gasteiger partial charge in [0, 0.05) is 20.1 Å². The summed E-state index contributed by atoms with van der Waals surface area (Å²) in [6, 6.07) is 0. The Balaban J connectivity index is 2.87. The zero-order valence-corrected chi connectivity index (χ0v) is 8.12. The van der Waals surface area contributed by atoms with Crippen LogP contribution in [0.5, 0.6) is 0 Å². The molecule has 0 heterocycles. The molecule has 0 radical (unpaired) electrons. The molecule has 0 aromatic rings. The number of hydrogen-bond acceptors (Lipinski definition) is 3. The van der Waals surface area contributed by atoms with Gasteiger partial charge in [-0.15, -0.1) is 0 Å². The minimum Gasteiger partial charge on any atom is -0.481 e. The average Bonchev–Trinajstić information content (AvgIpc) is 2.09. The van der Waals surface area contributed by atoms with Gasteiger partial charge in [-0.3, -0.25) is 4.79 Å². The average molecular weight is 190 g/mol. The zero-order valence-electron chi connectivity index (χ0n) is 8.12.